The lowest BCUT2D eigenvalue weighted by Gasteiger charge is -2.16. The van der Waals surface area contributed by atoms with Crippen molar-refractivity contribution < 1.29 is 19.1 Å². The van der Waals surface area contributed by atoms with E-state index < -0.39 is 11.9 Å². The molecule has 0 heterocycles. The minimum absolute atomic E-state index is 0.120. The number of rotatable bonds is 9. The molecule has 0 rings (SSSR count). The summed E-state index contributed by atoms with van der Waals surface area (Å²) in [5, 5.41) is 0. The number of hydrogen-bond donors (Lipinski definition) is 0. The van der Waals surface area contributed by atoms with Crippen molar-refractivity contribution >= 4 is 17.5 Å². The zero-order valence-corrected chi connectivity index (χ0v) is 12.7. The highest BCUT2D eigenvalue weighted by Gasteiger charge is 2.29. The van der Waals surface area contributed by atoms with Gasteiger partial charge in [-0.3, -0.25) is 14.4 Å². The molecule has 0 saturated heterocycles. The number of ether oxygens (including phenoxy) is 1. The van der Waals surface area contributed by atoms with Crippen LogP contribution in [0.4, 0.5) is 0 Å². The first-order valence-electron chi connectivity index (χ1n) is 6.98. The number of esters is 1. The van der Waals surface area contributed by atoms with Crippen LogP contribution >= 0.6 is 0 Å². The zero-order chi connectivity index (χ0) is 15.0. The molecule has 0 fully saturated rings. The number of carbonyl (C=O) groups is 3. The molecule has 0 aliphatic heterocycles. The van der Waals surface area contributed by atoms with Crippen molar-refractivity contribution in [3.63, 3.8) is 0 Å². The van der Waals surface area contributed by atoms with E-state index in [0.29, 0.717) is 12.8 Å². The molecule has 0 saturated carbocycles. The van der Waals surface area contributed by atoms with Gasteiger partial charge in [0.1, 0.15) is 11.6 Å². The Bertz CT molecular complexity index is 296. The van der Waals surface area contributed by atoms with Crippen LogP contribution < -0.4 is 0 Å². The summed E-state index contributed by atoms with van der Waals surface area (Å²) in [6.07, 6.45) is 0.534. The van der Waals surface area contributed by atoms with Crippen LogP contribution in [0.15, 0.2) is 0 Å². The van der Waals surface area contributed by atoms with Crippen molar-refractivity contribution in [1.82, 2.24) is 0 Å². The van der Waals surface area contributed by atoms with Gasteiger partial charge in [-0.2, -0.15) is 0 Å². The van der Waals surface area contributed by atoms with E-state index in [9.17, 15) is 14.4 Å². The van der Waals surface area contributed by atoms with Gasteiger partial charge in [0.15, 0.2) is 0 Å². The van der Waals surface area contributed by atoms with Crippen LogP contribution in [-0.2, 0) is 19.1 Å². The highest BCUT2D eigenvalue weighted by atomic mass is 16.5. The van der Waals surface area contributed by atoms with Crippen molar-refractivity contribution in [3.05, 3.63) is 0 Å². The normalized spacial score (nSPS) is 11.2. The lowest BCUT2D eigenvalue weighted by molar-refractivity contribution is -0.149. The number of carbonyl (C=O) groups excluding carboxylic acids is 3. The number of hydrogen-bond acceptors (Lipinski definition) is 4. The molecule has 0 spiro atoms. The monoisotopic (exact) mass is 270 g/mol. The van der Waals surface area contributed by atoms with E-state index in [-0.39, 0.29) is 36.4 Å². The summed E-state index contributed by atoms with van der Waals surface area (Å²) in [4.78, 5) is 35.7. The Morgan fingerprint density at radius 2 is 1.26 bits per heavy atom. The van der Waals surface area contributed by atoms with Crippen LogP contribution in [-0.4, -0.2) is 24.1 Å². The van der Waals surface area contributed by atoms with E-state index in [1.165, 1.54) is 0 Å². The topological polar surface area (TPSA) is 60.4 Å². The van der Waals surface area contributed by atoms with E-state index in [4.69, 9.17) is 4.74 Å². The van der Waals surface area contributed by atoms with Crippen molar-refractivity contribution in [1.29, 1.82) is 0 Å². The first-order valence-corrected chi connectivity index (χ1v) is 6.98. The molecular formula is C15H26O4. The molecule has 4 nitrogen and oxygen atoms in total. The Labute approximate surface area is 115 Å². The summed E-state index contributed by atoms with van der Waals surface area (Å²) >= 11 is 0. The minimum atomic E-state index is -0.830. The molecule has 0 aromatic heterocycles. The molecule has 0 radical (unpaired) electrons. The largest absolute Gasteiger partial charge is 0.466 e. The van der Waals surface area contributed by atoms with Gasteiger partial charge in [-0.15, -0.1) is 0 Å². The Hall–Kier alpha value is -1.19. The average Bonchev–Trinajstić information content (AvgIpc) is 2.23. The molecule has 0 aromatic rings. The summed E-state index contributed by atoms with van der Waals surface area (Å²) in [7, 11) is 0. The van der Waals surface area contributed by atoms with Gasteiger partial charge < -0.3 is 4.74 Å². The molecule has 0 unspecified atom stereocenters. The summed E-state index contributed by atoms with van der Waals surface area (Å²) in [6.45, 7) is 9.66. The Kier molecular flexibility index (Phi) is 8.28. The molecule has 0 amide bonds. The molecule has 0 bridgehead atoms. The maximum atomic E-state index is 12.1. The Morgan fingerprint density at radius 1 is 0.842 bits per heavy atom. The summed E-state index contributed by atoms with van der Waals surface area (Å²) in [5.74, 6) is -1.22. The van der Waals surface area contributed by atoms with Crippen LogP contribution in [0.2, 0.25) is 0 Å². The van der Waals surface area contributed by atoms with Crippen LogP contribution in [0.5, 0.6) is 0 Å². The third-order valence-corrected chi connectivity index (χ3v) is 2.67. The third-order valence-electron chi connectivity index (χ3n) is 2.67. The molecule has 19 heavy (non-hydrogen) atoms. The number of Topliss-reactive ketones (excluding diaryl/α,β-unsaturated/α-hetero) is 2. The lowest BCUT2D eigenvalue weighted by Crippen LogP contribution is -2.29. The second-order valence-electron chi connectivity index (χ2n) is 5.69. The van der Waals surface area contributed by atoms with Crippen molar-refractivity contribution in [2.45, 2.75) is 53.9 Å². The van der Waals surface area contributed by atoms with Crippen molar-refractivity contribution in [3.8, 4) is 0 Å². The van der Waals surface area contributed by atoms with Crippen LogP contribution in [0.1, 0.15) is 53.9 Å². The predicted molar refractivity (Wildman–Crippen MR) is 73.7 cm³/mol. The predicted octanol–water partition coefficient (Wildman–Crippen LogP) is 2.79. The SMILES string of the molecule is CCOC(=O)CC(C(=O)CC(C)C)C(=O)CC(C)C. The Morgan fingerprint density at radius 3 is 1.58 bits per heavy atom. The molecule has 110 valence electrons. The maximum Gasteiger partial charge on any atom is 0.306 e. The fourth-order valence-corrected chi connectivity index (χ4v) is 1.88. The third kappa shape index (κ3) is 7.75. The second kappa shape index (κ2) is 8.83. The maximum absolute atomic E-state index is 12.1. The fourth-order valence-electron chi connectivity index (χ4n) is 1.88. The van der Waals surface area contributed by atoms with Crippen LogP contribution in [0, 0.1) is 17.8 Å². The van der Waals surface area contributed by atoms with E-state index >= 15 is 0 Å². The van der Waals surface area contributed by atoms with Crippen LogP contribution in [0.3, 0.4) is 0 Å². The smallest absolute Gasteiger partial charge is 0.306 e. The van der Waals surface area contributed by atoms with Crippen molar-refractivity contribution in [2.24, 2.45) is 17.8 Å². The first-order chi connectivity index (χ1) is 8.77. The summed E-state index contributed by atoms with van der Waals surface area (Å²) in [5.41, 5.74) is 0. The van der Waals surface area contributed by atoms with Gasteiger partial charge in [-0.25, -0.2) is 0 Å². The molecule has 4 heteroatoms. The molecule has 0 aromatic carbocycles. The Balaban J connectivity index is 4.76. The van der Waals surface area contributed by atoms with E-state index in [1.54, 1.807) is 6.92 Å². The highest BCUT2D eigenvalue weighted by molar-refractivity contribution is 6.04. The van der Waals surface area contributed by atoms with Gasteiger partial charge in [0, 0.05) is 12.8 Å². The first kappa shape index (κ1) is 17.8. The summed E-state index contributed by atoms with van der Waals surface area (Å²) in [6, 6.07) is 0. The molecular weight excluding hydrogens is 244 g/mol. The van der Waals surface area contributed by atoms with Gasteiger partial charge in [-0.1, -0.05) is 27.7 Å². The molecule has 0 N–H and O–H groups in total. The van der Waals surface area contributed by atoms with Crippen LogP contribution in [0.25, 0.3) is 0 Å². The van der Waals surface area contributed by atoms with Gasteiger partial charge in [0.2, 0.25) is 0 Å². The van der Waals surface area contributed by atoms with Gasteiger partial charge in [0.25, 0.3) is 0 Å². The average molecular weight is 270 g/mol. The highest BCUT2D eigenvalue weighted by Crippen LogP contribution is 2.18. The van der Waals surface area contributed by atoms with Gasteiger partial charge in [0.05, 0.1) is 18.9 Å². The van der Waals surface area contributed by atoms with Crippen molar-refractivity contribution in [2.75, 3.05) is 6.61 Å². The molecule has 0 aliphatic carbocycles. The molecule has 0 aliphatic rings. The quantitative estimate of drug-likeness (QED) is 0.477. The fraction of sp³-hybridized carbons (Fsp3) is 0.800. The second-order valence-corrected chi connectivity index (χ2v) is 5.69. The van der Waals surface area contributed by atoms with Gasteiger partial charge >= 0.3 is 5.97 Å². The van der Waals surface area contributed by atoms with E-state index in [1.807, 2.05) is 27.7 Å². The standard InChI is InChI=1S/C15H26O4/c1-6-19-15(18)9-12(13(16)7-10(2)3)14(17)8-11(4)5/h10-12H,6-9H2,1-5H3. The van der Waals surface area contributed by atoms with Gasteiger partial charge in [-0.05, 0) is 18.8 Å². The lowest BCUT2D eigenvalue weighted by atomic mass is 9.87. The van der Waals surface area contributed by atoms with E-state index in [2.05, 4.69) is 0 Å². The minimum Gasteiger partial charge on any atom is -0.466 e. The van der Waals surface area contributed by atoms with E-state index in [0.717, 1.165) is 0 Å². The number of ketones is 2. The zero-order valence-electron chi connectivity index (χ0n) is 12.7. The molecule has 0 atom stereocenters. The summed E-state index contributed by atoms with van der Waals surface area (Å²) < 4.78 is 4.84.